The van der Waals surface area contributed by atoms with Crippen LogP contribution in [-0.4, -0.2) is 44.2 Å². The van der Waals surface area contributed by atoms with Gasteiger partial charge in [0.2, 0.25) is 0 Å². The predicted molar refractivity (Wildman–Crippen MR) is 85.6 cm³/mol. The Kier molecular flexibility index (Phi) is 10.4. The topological polar surface area (TPSA) is 26.3 Å². The van der Waals surface area contributed by atoms with Crippen molar-refractivity contribution in [3.63, 3.8) is 0 Å². The van der Waals surface area contributed by atoms with Gasteiger partial charge in [-0.3, -0.25) is 0 Å². The van der Waals surface area contributed by atoms with Crippen molar-refractivity contribution >= 4 is 5.97 Å². The quantitative estimate of drug-likeness (QED) is 0.235. The maximum absolute atomic E-state index is 11.2. The molecule has 0 aliphatic carbocycles. The maximum atomic E-state index is 11.2. The standard InChI is InChI=1S/C17H34NO2/c1-6-7-8-9-10-13-18(4,5)14-11-12-15-20-17(19)16(2)3/h2,6-15H2,1,3-5H3/q+1. The third-order valence-corrected chi connectivity index (χ3v) is 3.61. The lowest BCUT2D eigenvalue weighted by atomic mass is 10.1. The van der Waals surface area contributed by atoms with Gasteiger partial charge in [-0.1, -0.05) is 32.8 Å². The maximum Gasteiger partial charge on any atom is 0.333 e. The van der Waals surface area contributed by atoms with Crippen LogP contribution in [0.15, 0.2) is 12.2 Å². The van der Waals surface area contributed by atoms with Gasteiger partial charge in [0.25, 0.3) is 0 Å². The van der Waals surface area contributed by atoms with Gasteiger partial charge in [0.15, 0.2) is 0 Å². The van der Waals surface area contributed by atoms with Gasteiger partial charge < -0.3 is 9.22 Å². The van der Waals surface area contributed by atoms with E-state index in [1.807, 2.05) is 0 Å². The van der Waals surface area contributed by atoms with Crippen molar-refractivity contribution in [3.8, 4) is 0 Å². The molecule has 0 aromatic heterocycles. The molecule has 0 unspecified atom stereocenters. The summed E-state index contributed by atoms with van der Waals surface area (Å²) in [5, 5.41) is 0. The average Bonchev–Trinajstić information content (AvgIpc) is 2.37. The fourth-order valence-corrected chi connectivity index (χ4v) is 2.19. The number of carbonyl (C=O) groups is 1. The fourth-order valence-electron chi connectivity index (χ4n) is 2.19. The molecule has 0 aromatic rings. The highest BCUT2D eigenvalue weighted by Crippen LogP contribution is 2.08. The monoisotopic (exact) mass is 284 g/mol. The molecule has 0 fully saturated rings. The number of quaternary nitrogens is 1. The molecule has 0 saturated carbocycles. The molecule has 0 saturated heterocycles. The Balaban J connectivity index is 3.56. The summed E-state index contributed by atoms with van der Waals surface area (Å²) in [7, 11) is 4.58. The van der Waals surface area contributed by atoms with Crippen molar-refractivity contribution in [2.24, 2.45) is 0 Å². The molecule has 0 aromatic carbocycles. The van der Waals surface area contributed by atoms with Crippen LogP contribution in [0.25, 0.3) is 0 Å². The van der Waals surface area contributed by atoms with E-state index >= 15 is 0 Å². The molecule has 0 heterocycles. The van der Waals surface area contributed by atoms with Crippen LogP contribution in [0.1, 0.15) is 58.8 Å². The Bertz CT molecular complexity index is 285. The molecule has 118 valence electrons. The summed E-state index contributed by atoms with van der Waals surface area (Å²) in [6, 6.07) is 0. The van der Waals surface area contributed by atoms with E-state index in [1.165, 1.54) is 38.6 Å². The number of unbranched alkanes of at least 4 members (excludes halogenated alkanes) is 5. The molecule has 0 spiro atoms. The van der Waals surface area contributed by atoms with Gasteiger partial charge in [-0.15, -0.1) is 0 Å². The third kappa shape index (κ3) is 11.0. The number of ether oxygens (including phenoxy) is 1. The molecular weight excluding hydrogens is 250 g/mol. The van der Waals surface area contributed by atoms with Crippen LogP contribution in [0.3, 0.4) is 0 Å². The van der Waals surface area contributed by atoms with Gasteiger partial charge in [0, 0.05) is 5.57 Å². The minimum atomic E-state index is -0.269. The van der Waals surface area contributed by atoms with E-state index in [-0.39, 0.29) is 5.97 Å². The minimum absolute atomic E-state index is 0.269. The molecule has 3 heteroatoms. The van der Waals surface area contributed by atoms with Crippen molar-refractivity contribution < 1.29 is 14.0 Å². The van der Waals surface area contributed by atoms with Crippen LogP contribution in [-0.2, 0) is 9.53 Å². The fraction of sp³-hybridized carbons (Fsp3) is 0.824. The minimum Gasteiger partial charge on any atom is -0.462 e. The lowest BCUT2D eigenvalue weighted by Crippen LogP contribution is -2.41. The molecule has 0 radical (unpaired) electrons. The number of rotatable bonds is 12. The highest BCUT2D eigenvalue weighted by atomic mass is 16.5. The second-order valence-electron chi connectivity index (χ2n) is 6.42. The molecule has 0 aliphatic rings. The molecule has 0 aliphatic heterocycles. The van der Waals surface area contributed by atoms with Crippen LogP contribution < -0.4 is 0 Å². The summed E-state index contributed by atoms with van der Waals surface area (Å²) in [4.78, 5) is 11.2. The zero-order valence-electron chi connectivity index (χ0n) is 14.0. The molecule has 0 atom stereocenters. The van der Waals surface area contributed by atoms with Gasteiger partial charge in [0.1, 0.15) is 0 Å². The molecule has 0 bridgehead atoms. The molecule has 0 N–H and O–H groups in total. The Morgan fingerprint density at radius 1 is 1.00 bits per heavy atom. The second-order valence-corrected chi connectivity index (χ2v) is 6.42. The Labute approximate surface area is 125 Å². The van der Waals surface area contributed by atoms with Crippen molar-refractivity contribution in [1.29, 1.82) is 0 Å². The number of esters is 1. The summed E-state index contributed by atoms with van der Waals surface area (Å²) in [6.45, 7) is 10.4. The second kappa shape index (κ2) is 10.9. The highest BCUT2D eigenvalue weighted by molar-refractivity contribution is 5.86. The normalized spacial score (nSPS) is 11.4. The van der Waals surface area contributed by atoms with Crippen LogP contribution in [0.5, 0.6) is 0 Å². The highest BCUT2D eigenvalue weighted by Gasteiger charge is 2.13. The SMILES string of the molecule is C=C(C)C(=O)OCCCC[N+](C)(C)CCCCCCC. The predicted octanol–water partition coefficient (Wildman–Crippen LogP) is 3.93. The summed E-state index contributed by atoms with van der Waals surface area (Å²) in [6.07, 6.45) is 8.75. The molecule has 0 amide bonds. The summed E-state index contributed by atoms with van der Waals surface area (Å²) in [5.41, 5.74) is 0.480. The summed E-state index contributed by atoms with van der Waals surface area (Å²) in [5.74, 6) is -0.269. The summed E-state index contributed by atoms with van der Waals surface area (Å²) < 4.78 is 6.17. The molecular formula is C17H34NO2+. The average molecular weight is 284 g/mol. The van der Waals surface area contributed by atoms with Gasteiger partial charge in [-0.25, -0.2) is 4.79 Å². The third-order valence-electron chi connectivity index (χ3n) is 3.61. The molecule has 3 nitrogen and oxygen atoms in total. The van der Waals surface area contributed by atoms with E-state index in [4.69, 9.17) is 4.74 Å². The van der Waals surface area contributed by atoms with E-state index < -0.39 is 0 Å². The van der Waals surface area contributed by atoms with E-state index in [1.54, 1.807) is 6.92 Å². The number of hydrogen-bond donors (Lipinski definition) is 0. The first-order valence-corrected chi connectivity index (χ1v) is 8.03. The van der Waals surface area contributed by atoms with Crippen LogP contribution >= 0.6 is 0 Å². The van der Waals surface area contributed by atoms with Crippen molar-refractivity contribution in [3.05, 3.63) is 12.2 Å². The van der Waals surface area contributed by atoms with Gasteiger partial charge >= 0.3 is 5.97 Å². The van der Waals surface area contributed by atoms with Gasteiger partial charge in [-0.2, -0.15) is 0 Å². The van der Waals surface area contributed by atoms with Crippen molar-refractivity contribution in [2.45, 2.75) is 58.8 Å². The number of nitrogens with zero attached hydrogens (tertiary/aromatic N) is 1. The van der Waals surface area contributed by atoms with E-state index in [9.17, 15) is 4.79 Å². The Morgan fingerprint density at radius 2 is 1.55 bits per heavy atom. The summed E-state index contributed by atoms with van der Waals surface area (Å²) >= 11 is 0. The van der Waals surface area contributed by atoms with Crippen LogP contribution in [0.2, 0.25) is 0 Å². The van der Waals surface area contributed by atoms with Crippen molar-refractivity contribution in [1.82, 2.24) is 0 Å². The smallest absolute Gasteiger partial charge is 0.333 e. The lowest BCUT2D eigenvalue weighted by molar-refractivity contribution is -0.890. The number of hydrogen-bond acceptors (Lipinski definition) is 2. The van der Waals surface area contributed by atoms with Gasteiger partial charge in [-0.05, 0) is 32.6 Å². The first kappa shape index (κ1) is 19.2. The lowest BCUT2D eigenvalue weighted by Gasteiger charge is -2.30. The number of carbonyl (C=O) groups excluding carboxylic acids is 1. The zero-order valence-corrected chi connectivity index (χ0v) is 14.0. The molecule has 0 rings (SSSR count). The molecule has 20 heavy (non-hydrogen) atoms. The van der Waals surface area contributed by atoms with Gasteiger partial charge in [0.05, 0.1) is 33.8 Å². The van der Waals surface area contributed by atoms with E-state index in [2.05, 4.69) is 27.6 Å². The van der Waals surface area contributed by atoms with Crippen LogP contribution in [0.4, 0.5) is 0 Å². The Hall–Kier alpha value is -0.830. The van der Waals surface area contributed by atoms with E-state index in [0.29, 0.717) is 12.2 Å². The first-order valence-electron chi connectivity index (χ1n) is 8.03. The first-order chi connectivity index (χ1) is 9.39. The largest absolute Gasteiger partial charge is 0.462 e. The van der Waals surface area contributed by atoms with Crippen molar-refractivity contribution in [2.75, 3.05) is 33.8 Å². The van der Waals surface area contributed by atoms with E-state index in [0.717, 1.165) is 23.9 Å². The Morgan fingerprint density at radius 3 is 2.10 bits per heavy atom. The van der Waals surface area contributed by atoms with Crippen LogP contribution in [0, 0.1) is 0 Å². The zero-order chi connectivity index (χ0) is 15.4.